The Morgan fingerprint density at radius 3 is 2.94 bits per heavy atom. The first-order chi connectivity index (χ1) is 15.6. The highest BCUT2D eigenvalue weighted by atomic mass is 16.5. The molecule has 1 N–H and O–H groups in total. The van der Waals surface area contributed by atoms with E-state index in [0.717, 1.165) is 27.7 Å². The maximum absolute atomic E-state index is 13.2. The highest BCUT2D eigenvalue weighted by molar-refractivity contribution is 5.98. The molecule has 0 fully saturated rings. The average molecular weight is 427 g/mol. The monoisotopic (exact) mass is 427 g/mol. The molecular weight excluding hydrogens is 406 g/mol. The number of hydrogen-bond donors (Lipinski definition) is 1. The zero-order valence-electron chi connectivity index (χ0n) is 17.5. The van der Waals surface area contributed by atoms with Crippen LogP contribution in [0.5, 0.6) is 5.75 Å². The van der Waals surface area contributed by atoms with Gasteiger partial charge in [0.05, 0.1) is 24.8 Å². The van der Waals surface area contributed by atoms with Crippen LogP contribution in [0.1, 0.15) is 26.3 Å². The minimum absolute atomic E-state index is 0.105. The lowest BCUT2D eigenvalue weighted by Gasteiger charge is -2.20. The molecule has 5 rings (SSSR count). The van der Waals surface area contributed by atoms with Gasteiger partial charge in [-0.3, -0.25) is 4.79 Å². The first-order valence-corrected chi connectivity index (χ1v) is 10.3. The number of nitrogens with one attached hydrogen (secondary N) is 1. The molecule has 0 bridgehead atoms. The Bertz CT molecular complexity index is 1330. The van der Waals surface area contributed by atoms with Crippen molar-refractivity contribution in [1.82, 2.24) is 14.9 Å². The van der Waals surface area contributed by atoms with Crippen LogP contribution in [0, 0.1) is 0 Å². The molecule has 2 aromatic heterocycles. The summed E-state index contributed by atoms with van der Waals surface area (Å²) in [7, 11) is 1.35. The number of pyridine rings is 1. The average Bonchev–Trinajstić information content (AvgIpc) is 3.24. The third-order valence-electron chi connectivity index (χ3n) is 5.57. The van der Waals surface area contributed by atoms with Crippen LogP contribution >= 0.6 is 0 Å². The molecule has 1 aliphatic rings. The van der Waals surface area contributed by atoms with Gasteiger partial charge >= 0.3 is 5.97 Å². The van der Waals surface area contributed by atoms with E-state index in [-0.39, 0.29) is 5.91 Å². The fourth-order valence-electron chi connectivity index (χ4n) is 3.92. The minimum Gasteiger partial charge on any atom is -0.491 e. The normalized spacial score (nSPS) is 13.4. The predicted octanol–water partition coefficient (Wildman–Crippen LogP) is 4.05. The second-order valence-corrected chi connectivity index (χ2v) is 7.62. The molecule has 0 saturated carbocycles. The van der Waals surface area contributed by atoms with Crippen LogP contribution < -0.4 is 4.74 Å². The quantitative estimate of drug-likeness (QED) is 0.497. The van der Waals surface area contributed by atoms with Gasteiger partial charge in [-0.1, -0.05) is 18.2 Å². The van der Waals surface area contributed by atoms with Gasteiger partial charge in [0.25, 0.3) is 5.91 Å². The van der Waals surface area contributed by atoms with E-state index in [4.69, 9.17) is 9.47 Å². The molecule has 1 amide bonds. The third-order valence-corrected chi connectivity index (χ3v) is 5.57. The van der Waals surface area contributed by atoms with Gasteiger partial charge in [0, 0.05) is 29.9 Å². The number of rotatable bonds is 4. The number of aromatic nitrogens is 2. The summed E-state index contributed by atoms with van der Waals surface area (Å²) >= 11 is 0. The molecule has 4 aromatic rings. The van der Waals surface area contributed by atoms with E-state index in [9.17, 15) is 9.59 Å². The van der Waals surface area contributed by atoms with Crippen molar-refractivity contribution in [1.29, 1.82) is 0 Å². The minimum atomic E-state index is -0.400. The topological polar surface area (TPSA) is 84.5 Å². The number of fused-ring (bicyclic) bond motifs is 2. The van der Waals surface area contributed by atoms with Crippen LogP contribution in [0.3, 0.4) is 0 Å². The Morgan fingerprint density at radius 1 is 1.16 bits per heavy atom. The van der Waals surface area contributed by atoms with Crippen molar-refractivity contribution in [3.63, 3.8) is 0 Å². The largest absolute Gasteiger partial charge is 0.491 e. The van der Waals surface area contributed by atoms with E-state index >= 15 is 0 Å². The lowest BCUT2D eigenvalue weighted by Crippen LogP contribution is -2.31. The van der Waals surface area contributed by atoms with Crippen molar-refractivity contribution < 1.29 is 19.1 Å². The lowest BCUT2D eigenvalue weighted by molar-refractivity contribution is 0.0600. The molecule has 0 saturated heterocycles. The second-order valence-electron chi connectivity index (χ2n) is 7.62. The van der Waals surface area contributed by atoms with Crippen molar-refractivity contribution in [3.05, 3.63) is 83.7 Å². The SMILES string of the molecule is COC(=O)c1cccc(CN2CCOc3cc(-c4cnc5[nH]ccc5c4)ccc3C2=O)c1. The fourth-order valence-corrected chi connectivity index (χ4v) is 3.92. The number of amides is 1. The summed E-state index contributed by atoms with van der Waals surface area (Å²) in [4.78, 5) is 34.3. The molecule has 7 nitrogen and oxygen atoms in total. The highest BCUT2D eigenvalue weighted by Crippen LogP contribution is 2.31. The summed E-state index contributed by atoms with van der Waals surface area (Å²) in [5.41, 5.74) is 4.56. The van der Waals surface area contributed by atoms with Gasteiger partial charge in [-0.25, -0.2) is 9.78 Å². The Balaban J connectivity index is 1.41. The molecule has 0 unspecified atom stereocenters. The van der Waals surface area contributed by atoms with E-state index < -0.39 is 5.97 Å². The molecule has 0 radical (unpaired) electrons. The summed E-state index contributed by atoms with van der Waals surface area (Å²) in [5.74, 6) is 0.0572. The maximum atomic E-state index is 13.2. The van der Waals surface area contributed by atoms with E-state index in [2.05, 4.69) is 16.0 Å². The third kappa shape index (κ3) is 3.69. The standard InChI is InChI=1S/C25H21N3O4/c1-31-25(30)19-4-2-3-16(11-19)15-28-9-10-32-22-13-17(5-6-21(22)24(28)29)20-12-18-7-8-26-23(18)27-14-20/h2-8,11-14H,9-10,15H2,1H3,(H,26,27). The van der Waals surface area contributed by atoms with Crippen molar-refractivity contribution >= 4 is 22.9 Å². The summed E-state index contributed by atoms with van der Waals surface area (Å²) in [6, 6.07) is 16.8. The molecule has 160 valence electrons. The van der Waals surface area contributed by atoms with Crippen LogP contribution in [0.25, 0.3) is 22.2 Å². The maximum Gasteiger partial charge on any atom is 0.337 e. The van der Waals surface area contributed by atoms with Crippen molar-refractivity contribution in [2.45, 2.75) is 6.54 Å². The Hall–Kier alpha value is -4.13. The van der Waals surface area contributed by atoms with Gasteiger partial charge in [0.1, 0.15) is 18.0 Å². The van der Waals surface area contributed by atoms with Crippen molar-refractivity contribution in [2.24, 2.45) is 0 Å². The number of hydrogen-bond acceptors (Lipinski definition) is 5. The number of ether oxygens (including phenoxy) is 2. The Labute approximate surface area is 184 Å². The number of nitrogens with zero attached hydrogens (tertiary/aromatic N) is 2. The van der Waals surface area contributed by atoms with Gasteiger partial charge in [0.2, 0.25) is 0 Å². The molecule has 7 heteroatoms. The van der Waals surface area contributed by atoms with Gasteiger partial charge in [-0.2, -0.15) is 0 Å². The smallest absolute Gasteiger partial charge is 0.337 e. The number of esters is 1. The van der Waals surface area contributed by atoms with E-state index in [1.807, 2.05) is 30.5 Å². The van der Waals surface area contributed by atoms with Crippen LogP contribution in [-0.2, 0) is 11.3 Å². The van der Waals surface area contributed by atoms with Crippen LogP contribution in [0.4, 0.5) is 0 Å². The zero-order valence-corrected chi connectivity index (χ0v) is 17.5. The molecular formula is C25H21N3O4. The number of benzene rings is 2. The number of methoxy groups -OCH3 is 1. The number of H-pyrrole nitrogens is 1. The molecule has 1 aliphatic heterocycles. The highest BCUT2D eigenvalue weighted by Gasteiger charge is 2.24. The Kier molecular flexibility index (Phi) is 5.07. The van der Waals surface area contributed by atoms with Gasteiger partial charge in [-0.05, 0) is 47.5 Å². The molecule has 3 heterocycles. The fraction of sp³-hybridized carbons (Fsp3) is 0.160. The molecule has 0 spiro atoms. The van der Waals surface area contributed by atoms with E-state index in [1.165, 1.54) is 7.11 Å². The van der Waals surface area contributed by atoms with E-state index in [0.29, 0.717) is 36.6 Å². The van der Waals surface area contributed by atoms with Crippen LogP contribution in [0.15, 0.2) is 67.0 Å². The van der Waals surface area contributed by atoms with Crippen molar-refractivity contribution in [2.75, 3.05) is 20.3 Å². The number of carbonyl (C=O) groups excluding carboxylic acids is 2. The number of aromatic amines is 1. The van der Waals surface area contributed by atoms with Gasteiger partial charge < -0.3 is 19.4 Å². The predicted molar refractivity (Wildman–Crippen MR) is 120 cm³/mol. The summed E-state index contributed by atoms with van der Waals surface area (Å²) < 4.78 is 10.7. The van der Waals surface area contributed by atoms with Gasteiger partial charge in [-0.15, -0.1) is 0 Å². The summed E-state index contributed by atoms with van der Waals surface area (Å²) in [5, 5.41) is 1.02. The van der Waals surface area contributed by atoms with E-state index in [1.54, 1.807) is 35.4 Å². The van der Waals surface area contributed by atoms with Crippen LogP contribution in [-0.4, -0.2) is 47.0 Å². The zero-order chi connectivity index (χ0) is 22.1. The Morgan fingerprint density at radius 2 is 2.06 bits per heavy atom. The number of carbonyl (C=O) groups is 2. The van der Waals surface area contributed by atoms with Gasteiger partial charge in [0.15, 0.2) is 0 Å². The molecule has 0 aliphatic carbocycles. The molecule has 2 aromatic carbocycles. The molecule has 0 atom stereocenters. The second kappa shape index (κ2) is 8.19. The first kappa shape index (κ1) is 19.8. The lowest BCUT2D eigenvalue weighted by atomic mass is 10.0. The molecule has 32 heavy (non-hydrogen) atoms. The summed E-state index contributed by atoms with van der Waals surface area (Å²) in [6.07, 6.45) is 3.66. The summed E-state index contributed by atoms with van der Waals surface area (Å²) in [6.45, 7) is 1.21. The first-order valence-electron chi connectivity index (χ1n) is 10.3. The van der Waals surface area contributed by atoms with Crippen molar-refractivity contribution in [3.8, 4) is 16.9 Å². The van der Waals surface area contributed by atoms with Crippen LogP contribution in [0.2, 0.25) is 0 Å².